The molecule has 1 amide bonds. The lowest BCUT2D eigenvalue weighted by Crippen LogP contribution is -2.14. The summed E-state index contributed by atoms with van der Waals surface area (Å²) < 4.78 is 3.35. The van der Waals surface area contributed by atoms with Crippen LogP contribution >= 0.6 is 23.2 Å². The predicted molar refractivity (Wildman–Crippen MR) is 126 cm³/mol. The Balaban J connectivity index is 1.48. The molecule has 5 aromatic rings. The van der Waals surface area contributed by atoms with Crippen LogP contribution in [0.5, 0.6) is 0 Å². The van der Waals surface area contributed by atoms with Crippen molar-refractivity contribution in [1.29, 1.82) is 0 Å². The molecule has 11 heteroatoms. The van der Waals surface area contributed by atoms with Gasteiger partial charge in [-0.25, -0.2) is 4.68 Å². The van der Waals surface area contributed by atoms with Gasteiger partial charge in [0.25, 0.3) is 5.91 Å². The quantitative estimate of drug-likeness (QED) is 0.385. The minimum Gasteiger partial charge on any atom is -0.364 e. The number of anilines is 2. The number of hydrogen-bond acceptors (Lipinski definition) is 6. The lowest BCUT2D eigenvalue weighted by molar-refractivity contribution is 0.0996. The van der Waals surface area contributed by atoms with Gasteiger partial charge in [-0.1, -0.05) is 35.3 Å². The number of carbonyl (C=O) groups excluding carboxylic acids is 1. The standard InChI is InChI=1S/C22H16Cl2N8O/c1-12-4-2-7-18-28-29-22(32(12)18)16-9-8-13(10-26-16)27-17-11-31(30-19(17)21(25)33)20-14(23)5-3-6-15(20)24/h2-11,27H,1H3,(H2,25,33). The summed E-state index contributed by atoms with van der Waals surface area (Å²) in [6.07, 6.45) is 3.22. The number of hydrogen-bond donors (Lipinski definition) is 2. The smallest absolute Gasteiger partial charge is 0.271 e. The molecule has 0 saturated carbocycles. The molecule has 5 rings (SSSR count). The van der Waals surface area contributed by atoms with E-state index in [-0.39, 0.29) is 5.69 Å². The van der Waals surface area contributed by atoms with E-state index in [0.717, 1.165) is 11.3 Å². The van der Waals surface area contributed by atoms with Crippen molar-refractivity contribution in [3.8, 4) is 17.2 Å². The maximum absolute atomic E-state index is 12.0. The number of primary amides is 1. The van der Waals surface area contributed by atoms with Gasteiger partial charge in [0.2, 0.25) is 0 Å². The molecule has 0 bridgehead atoms. The zero-order chi connectivity index (χ0) is 23.1. The van der Waals surface area contributed by atoms with Crippen molar-refractivity contribution in [2.45, 2.75) is 6.92 Å². The van der Waals surface area contributed by atoms with E-state index in [1.807, 2.05) is 41.7 Å². The Morgan fingerprint density at radius 3 is 2.48 bits per heavy atom. The van der Waals surface area contributed by atoms with E-state index in [1.54, 1.807) is 30.6 Å². The van der Waals surface area contributed by atoms with Gasteiger partial charge in [0.05, 0.1) is 33.8 Å². The average molecular weight is 479 g/mol. The number of aryl methyl sites for hydroxylation is 1. The van der Waals surface area contributed by atoms with Crippen molar-refractivity contribution < 1.29 is 4.79 Å². The second kappa shape index (κ2) is 8.19. The first-order valence-corrected chi connectivity index (χ1v) is 10.6. The molecule has 9 nitrogen and oxygen atoms in total. The van der Waals surface area contributed by atoms with Crippen LogP contribution in [0, 0.1) is 6.92 Å². The molecule has 0 radical (unpaired) electrons. The lowest BCUT2D eigenvalue weighted by atomic mass is 10.3. The number of nitrogens with zero attached hydrogens (tertiary/aromatic N) is 6. The molecule has 0 saturated heterocycles. The number of fused-ring (bicyclic) bond motifs is 1. The van der Waals surface area contributed by atoms with Crippen molar-refractivity contribution in [3.63, 3.8) is 0 Å². The Morgan fingerprint density at radius 1 is 1.03 bits per heavy atom. The van der Waals surface area contributed by atoms with Crippen LogP contribution in [-0.4, -0.2) is 35.3 Å². The second-order valence-electron chi connectivity index (χ2n) is 7.21. The fourth-order valence-corrected chi connectivity index (χ4v) is 4.06. The van der Waals surface area contributed by atoms with Crippen molar-refractivity contribution >= 4 is 46.1 Å². The zero-order valence-corrected chi connectivity index (χ0v) is 18.7. The summed E-state index contributed by atoms with van der Waals surface area (Å²) in [6, 6.07) is 14.5. The van der Waals surface area contributed by atoms with E-state index in [4.69, 9.17) is 28.9 Å². The number of para-hydroxylation sites is 1. The van der Waals surface area contributed by atoms with Crippen LogP contribution in [0.2, 0.25) is 10.0 Å². The van der Waals surface area contributed by atoms with Crippen LogP contribution in [0.4, 0.5) is 11.4 Å². The molecule has 4 aromatic heterocycles. The van der Waals surface area contributed by atoms with E-state index in [2.05, 4.69) is 25.6 Å². The third kappa shape index (κ3) is 3.77. The molecule has 0 aliphatic heterocycles. The van der Waals surface area contributed by atoms with Gasteiger partial charge in [-0.05, 0) is 43.3 Å². The fourth-order valence-electron chi connectivity index (χ4n) is 3.49. The van der Waals surface area contributed by atoms with E-state index in [9.17, 15) is 4.79 Å². The van der Waals surface area contributed by atoms with Gasteiger partial charge in [-0.2, -0.15) is 5.10 Å². The number of halogens is 2. The number of carbonyl (C=O) groups is 1. The van der Waals surface area contributed by atoms with Crippen LogP contribution in [0.3, 0.4) is 0 Å². The fraction of sp³-hybridized carbons (Fsp3) is 0.0455. The molecule has 1 aromatic carbocycles. The Kier molecular flexibility index (Phi) is 5.20. The highest BCUT2D eigenvalue weighted by molar-refractivity contribution is 6.37. The average Bonchev–Trinajstić information content (AvgIpc) is 3.40. The summed E-state index contributed by atoms with van der Waals surface area (Å²) in [7, 11) is 0. The summed E-state index contributed by atoms with van der Waals surface area (Å²) in [5.74, 6) is -0.0666. The monoisotopic (exact) mass is 478 g/mol. The van der Waals surface area contributed by atoms with Crippen LogP contribution in [0.15, 0.2) is 60.9 Å². The Bertz CT molecular complexity index is 1490. The maximum atomic E-state index is 12.0. The lowest BCUT2D eigenvalue weighted by Gasteiger charge is -2.07. The molecular weight excluding hydrogens is 463 g/mol. The first kappa shape index (κ1) is 20.9. The largest absolute Gasteiger partial charge is 0.364 e. The minimum absolute atomic E-state index is 0.0362. The first-order valence-electron chi connectivity index (χ1n) is 9.80. The van der Waals surface area contributed by atoms with Crippen LogP contribution in [-0.2, 0) is 0 Å². The highest BCUT2D eigenvalue weighted by Gasteiger charge is 2.18. The number of pyridine rings is 2. The predicted octanol–water partition coefficient (Wildman–Crippen LogP) is 4.43. The summed E-state index contributed by atoms with van der Waals surface area (Å²) in [4.78, 5) is 16.5. The Morgan fingerprint density at radius 2 is 1.79 bits per heavy atom. The Hall–Kier alpha value is -3.95. The highest BCUT2D eigenvalue weighted by Crippen LogP contribution is 2.30. The summed E-state index contributed by atoms with van der Waals surface area (Å²) in [5.41, 5.74) is 9.41. The van der Waals surface area contributed by atoms with Crippen molar-refractivity contribution in [1.82, 2.24) is 29.4 Å². The number of benzene rings is 1. The number of amides is 1. The minimum atomic E-state index is -0.700. The molecule has 0 fully saturated rings. The normalized spacial score (nSPS) is 11.1. The topological polar surface area (TPSA) is 116 Å². The number of nitrogens with two attached hydrogens (primary N) is 1. The van der Waals surface area contributed by atoms with Crippen LogP contribution < -0.4 is 11.1 Å². The molecule has 0 aliphatic rings. The van der Waals surface area contributed by atoms with Crippen molar-refractivity contribution in [3.05, 3.63) is 82.4 Å². The van der Waals surface area contributed by atoms with Gasteiger partial charge in [0.15, 0.2) is 17.2 Å². The van der Waals surface area contributed by atoms with Crippen molar-refractivity contribution in [2.24, 2.45) is 5.73 Å². The van der Waals surface area contributed by atoms with Gasteiger partial charge in [0.1, 0.15) is 11.4 Å². The maximum Gasteiger partial charge on any atom is 0.271 e. The molecule has 164 valence electrons. The van der Waals surface area contributed by atoms with Crippen LogP contribution in [0.1, 0.15) is 16.2 Å². The summed E-state index contributed by atoms with van der Waals surface area (Å²) in [6.45, 7) is 1.98. The first-order chi connectivity index (χ1) is 15.9. The molecule has 0 aliphatic carbocycles. The third-order valence-electron chi connectivity index (χ3n) is 5.01. The zero-order valence-electron chi connectivity index (χ0n) is 17.2. The molecule has 0 unspecified atom stereocenters. The molecular formula is C22H16Cl2N8O. The van der Waals surface area contributed by atoms with Gasteiger partial charge in [-0.3, -0.25) is 14.2 Å². The number of aromatic nitrogens is 6. The van der Waals surface area contributed by atoms with Gasteiger partial charge < -0.3 is 11.1 Å². The Labute approximate surface area is 197 Å². The van der Waals surface area contributed by atoms with Gasteiger partial charge in [0, 0.05) is 5.69 Å². The number of nitrogens with one attached hydrogen (secondary N) is 1. The van der Waals surface area contributed by atoms with E-state index >= 15 is 0 Å². The third-order valence-corrected chi connectivity index (χ3v) is 5.62. The SMILES string of the molecule is Cc1cccc2nnc(-c3ccc(Nc4cn(-c5c(Cl)cccc5Cl)nc4C(N)=O)cn3)n12. The van der Waals surface area contributed by atoms with Gasteiger partial charge >= 0.3 is 0 Å². The van der Waals surface area contributed by atoms with E-state index in [0.29, 0.717) is 38.6 Å². The molecule has 3 N–H and O–H groups in total. The van der Waals surface area contributed by atoms with E-state index in [1.165, 1.54) is 4.68 Å². The van der Waals surface area contributed by atoms with Crippen LogP contribution in [0.25, 0.3) is 22.9 Å². The molecule has 33 heavy (non-hydrogen) atoms. The summed E-state index contributed by atoms with van der Waals surface area (Å²) in [5, 5.41) is 16.6. The summed E-state index contributed by atoms with van der Waals surface area (Å²) >= 11 is 12.6. The number of rotatable bonds is 5. The van der Waals surface area contributed by atoms with Crippen molar-refractivity contribution in [2.75, 3.05) is 5.32 Å². The van der Waals surface area contributed by atoms with Gasteiger partial charge in [-0.15, -0.1) is 10.2 Å². The highest BCUT2D eigenvalue weighted by atomic mass is 35.5. The molecule has 0 spiro atoms. The molecule has 4 heterocycles. The molecule has 0 atom stereocenters. The van der Waals surface area contributed by atoms with E-state index < -0.39 is 5.91 Å². The second-order valence-corrected chi connectivity index (χ2v) is 8.03.